The van der Waals surface area contributed by atoms with Gasteiger partial charge in [0.2, 0.25) is 0 Å². The zero-order chi connectivity index (χ0) is 28.3. The molecular formula is C29H31F6INOP. The molecule has 0 heterocycles. The summed E-state index contributed by atoms with van der Waals surface area (Å²) in [5, 5.41) is 5.02. The second-order valence-electron chi connectivity index (χ2n) is 9.93. The molecule has 212 valence electrons. The summed E-state index contributed by atoms with van der Waals surface area (Å²) < 4.78 is 80.3. The molecule has 1 atom stereocenters. The number of alkyl halides is 6. The Bertz CT molecular complexity index is 1160. The average Bonchev–Trinajstić information content (AvgIpc) is 2.85. The average molecular weight is 681 g/mol. The number of amides is 1. The summed E-state index contributed by atoms with van der Waals surface area (Å²) in [5.41, 5.74) is -3.56. The number of carbonyl (C=O) groups excluding carboxylic acids is 1. The van der Waals surface area contributed by atoms with Crippen LogP contribution in [-0.2, 0) is 12.4 Å². The smallest absolute Gasteiger partial charge is 0.416 e. The summed E-state index contributed by atoms with van der Waals surface area (Å²) in [5.74, 6) is -1.11. The summed E-state index contributed by atoms with van der Waals surface area (Å²) in [6.45, 7) is 7.97. The van der Waals surface area contributed by atoms with Crippen molar-refractivity contribution in [2.24, 2.45) is 5.92 Å². The molecule has 0 saturated carbocycles. The van der Waals surface area contributed by atoms with E-state index in [9.17, 15) is 31.1 Å². The zero-order valence-electron chi connectivity index (χ0n) is 21.9. The topological polar surface area (TPSA) is 29.1 Å². The van der Waals surface area contributed by atoms with Gasteiger partial charge in [-0.2, -0.15) is 26.3 Å². The normalized spacial score (nSPS) is 13.2. The highest BCUT2D eigenvalue weighted by Crippen LogP contribution is 2.61. The van der Waals surface area contributed by atoms with E-state index in [0.717, 1.165) is 10.6 Å². The first kappa shape index (κ1) is 33.1. The Kier molecular flexibility index (Phi) is 11.0. The maximum absolute atomic E-state index is 13.4. The third-order valence-electron chi connectivity index (χ3n) is 6.77. The van der Waals surface area contributed by atoms with Crippen LogP contribution < -0.4 is 39.9 Å². The largest absolute Gasteiger partial charge is 1.00 e. The maximum Gasteiger partial charge on any atom is 0.416 e. The number of halogens is 7. The predicted molar refractivity (Wildman–Crippen MR) is 142 cm³/mol. The van der Waals surface area contributed by atoms with Crippen LogP contribution in [0.15, 0.2) is 78.9 Å². The summed E-state index contributed by atoms with van der Waals surface area (Å²) in [6, 6.07) is 20.2. The van der Waals surface area contributed by atoms with Crippen molar-refractivity contribution < 1.29 is 55.1 Å². The van der Waals surface area contributed by atoms with Crippen LogP contribution in [0.1, 0.15) is 49.2 Å². The molecule has 1 N–H and O–H groups in total. The Balaban J connectivity index is 0.00000533. The van der Waals surface area contributed by atoms with Crippen molar-refractivity contribution in [2.75, 3.05) is 6.16 Å². The molecular weight excluding hydrogens is 650 g/mol. The minimum absolute atomic E-state index is 0. The van der Waals surface area contributed by atoms with Gasteiger partial charge >= 0.3 is 12.4 Å². The fourth-order valence-electron chi connectivity index (χ4n) is 4.63. The molecule has 0 saturated heterocycles. The van der Waals surface area contributed by atoms with Crippen LogP contribution in [0.5, 0.6) is 0 Å². The number of rotatable bonds is 8. The Labute approximate surface area is 242 Å². The Morgan fingerprint density at radius 3 is 1.49 bits per heavy atom. The summed E-state index contributed by atoms with van der Waals surface area (Å²) in [7, 11) is -2.18. The van der Waals surface area contributed by atoms with Crippen LogP contribution in [0.2, 0.25) is 0 Å². The van der Waals surface area contributed by atoms with Gasteiger partial charge in [0, 0.05) is 5.56 Å². The van der Waals surface area contributed by atoms with Gasteiger partial charge in [-0.15, -0.1) is 0 Å². The lowest BCUT2D eigenvalue weighted by molar-refractivity contribution is -0.143. The van der Waals surface area contributed by atoms with E-state index in [-0.39, 0.29) is 41.6 Å². The number of nitrogens with one attached hydrogen (secondary N) is 1. The number of hydrogen-bond donors (Lipinski definition) is 1. The minimum Gasteiger partial charge on any atom is -1.00 e. The van der Waals surface area contributed by atoms with E-state index in [1.54, 1.807) is 0 Å². The lowest BCUT2D eigenvalue weighted by Crippen LogP contribution is -3.00. The van der Waals surface area contributed by atoms with Gasteiger partial charge in [-0.1, -0.05) is 50.2 Å². The van der Waals surface area contributed by atoms with Crippen molar-refractivity contribution in [1.82, 2.24) is 5.32 Å². The van der Waals surface area contributed by atoms with Crippen molar-refractivity contribution in [3.05, 3.63) is 95.6 Å². The summed E-state index contributed by atoms with van der Waals surface area (Å²) in [4.78, 5) is 13.2. The van der Waals surface area contributed by atoms with Crippen LogP contribution in [0.25, 0.3) is 0 Å². The van der Waals surface area contributed by atoms with Crippen molar-refractivity contribution in [3.63, 3.8) is 0 Å². The van der Waals surface area contributed by atoms with Gasteiger partial charge in [0.25, 0.3) is 5.91 Å². The molecule has 0 aliphatic heterocycles. The van der Waals surface area contributed by atoms with Gasteiger partial charge in [-0.3, -0.25) is 4.79 Å². The molecule has 0 aliphatic rings. The number of benzene rings is 3. The summed E-state index contributed by atoms with van der Waals surface area (Å²) >= 11 is 0. The molecule has 0 bridgehead atoms. The van der Waals surface area contributed by atoms with Crippen LogP contribution in [-0.4, -0.2) is 23.8 Å². The molecule has 3 aromatic rings. The molecule has 2 nitrogen and oxygen atoms in total. The fourth-order valence-corrected chi connectivity index (χ4v) is 9.50. The molecule has 0 aromatic heterocycles. The van der Waals surface area contributed by atoms with Gasteiger partial charge in [-0.25, -0.2) is 0 Å². The number of carbonyl (C=O) groups is 1. The minimum atomic E-state index is -5.04. The molecule has 3 rings (SSSR count). The Hall–Kier alpha value is -2.13. The van der Waals surface area contributed by atoms with E-state index >= 15 is 0 Å². The quantitative estimate of drug-likeness (QED) is 0.211. The lowest BCUT2D eigenvalue weighted by atomic mass is 10.0. The summed E-state index contributed by atoms with van der Waals surface area (Å²) in [6.07, 6.45) is -9.58. The highest BCUT2D eigenvalue weighted by atomic mass is 127. The van der Waals surface area contributed by atoms with Gasteiger partial charge in [0.05, 0.1) is 46.9 Å². The SMILES string of the molecule is CC(C)[C@@H](C[P+](c1ccccc1)(c1ccccc1)C(C)C)NC(=O)c1cc(C(F)(F)F)cc(C(F)(F)F)c1.[I-]. The second kappa shape index (κ2) is 13.0. The molecule has 0 aliphatic carbocycles. The van der Waals surface area contributed by atoms with E-state index in [2.05, 4.69) is 19.2 Å². The maximum atomic E-state index is 13.4. The first-order valence-electron chi connectivity index (χ1n) is 12.3. The molecule has 0 unspecified atom stereocenters. The van der Waals surface area contributed by atoms with Gasteiger partial charge in [-0.05, 0) is 62.2 Å². The van der Waals surface area contributed by atoms with Crippen molar-refractivity contribution >= 4 is 23.8 Å². The van der Waals surface area contributed by atoms with Crippen LogP contribution in [0.3, 0.4) is 0 Å². The van der Waals surface area contributed by atoms with E-state index in [4.69, 9.17) is 0 Å². The van der Waals surface area contributed by atoms with E-state index in [1.807, 2.05) is 74.5 Å². The third-order valence-corrected chi connectivity index (χ3v) is 11.9. The molecule has 0 fully saturated rings. The van der Waals surface area contributed by atoms with Crippen molar-refractivity contribution in [2.45, 2.75) is 51.7 Å². The van der Waals surface area contributed by atoms with E-state index in [1.165, 1.54) is 0 Å². The van der Waals surface area contributed by atoms with Crippen molar-refractivity contribution in [1.29, 1.82) is 0 Å². The molecule has 0 spiro atoms. The highest BCUT2D eigenvalue weighted by molar-refractivity contribution is 7.90. The fraction of sp³-hybridized carbons (Fsp3) is 0.345. The van der Waals surface area contributed by atoms with Gasteiger partial charge in [0.1, 0.15) is 0 Å². The monoisotopic (exact) mass is 681 g/mol. The van der Waals surface area contributed by atoms with Gasteiger partial charge in [0.15, 0.2) is 0 Å². The first-order valence-corrected chi connectivity index (χ1v) is 14.3. The Morgan fingerprint density at radius 1 is 0.744 bits per heavy atom. The second-order valence-corrected chi connectivity index (χ2v) is 14.1. The van der Waals surface area contributed by atoms with Crippen LogP contribution >= 0.6 is 7.26 Å². The number of hydrogen-bond acceptors (Lipinski definition) is 1. The lowest BCUT2D eigenvalue weighted by Gasteiger charge is -2.35. The predicted octanol–water partition coefficient (Wildman–Crippen LogP) is 4.56. The van der Waals surface area contributed by atoms with E-state index in [0.29, 0.717) is 18.3 Å². The van der Waals surface area contributed by atoms with Crippen molar-refractivity contribution in [3.8, 4) is 0 Å². The van der Waals surface area contributed by atoms with E-state index < -0.39 is 48.3 Å². The molecule has 0 radical (unpaired) electrons. The van der Waals surface area contributed by atoms with Crippen LogP contribution in [0, 0.1) is 5.92 Å². The molecule has 1 amide bonds. The van der Waals surface area contributed by atoms with Crippen LogP contribution in [0.4, 0.5) is 26.3 Å². The highest BCUT2D eigenvalue weighted by Gasteiger charge is 2.48. The third kappa shape index (κ3) is 7.75. The van der Waals surface area contributed by atoms with Gasteiger partial charge < -0.3 is 29.3 Å². The Morgan fingerprint density at radius 2 is 1.15 bits per heavy atom. The first-order chi connectivity index (χ1) is 17.7. The zero-order valence-corrected chi connectivity index (χ0v) is 25.0. The molecule has 39 heavy (non-hydrogen) atoms. The standard InChI is InChI=1S/C29H30F6NOP.HI/c1-19(2)26(36-27(37)21-15-22(28(30,31)32)17-23(16-21)29(33,34)35)18-38(20(3)4,24-11-7-5-8-12-24)25-13-9-6-10-14-25;/h5-17,19-20,26H,18H2,1-4H3;1H/t26-;/m1./s1. The molecule has 10 heteroatoms. The molecule has 3 aromatic carbocycles.